The van der Waals surface area contributed by atoms with Gasteiger partial charge in [0.1, 0.15) is 5.52 Å². The van der Waals surface area contributed by atoms with Gasteiger partial charge in [-0.25, -0.2) is 4.98 Å². The van der Waals surface area contributed by atoms with Crippen molar-refractivity contribution < 1.29 is 14.1 Å². The smallest absolute Gasteiger partial charge is 0.270 e. The first kappa shape index (κ1) is 18.8. The number of carbonyl (C=O) groups is 1. The van der Waals surface area contributed by atoms with Gasteiger partial charge >= 0.3 is 0 Å². The number of benzene rings is 3. The Hall–Kier alpha value is -3.52. The molecule has 0 fully saturated rings. The fourth-order valence-corrected chi connectivity index (χ4v) is 3.33. The summed E-state index contributed by atoms with van der Waals surface area (Å²) in [6.07, 6.45) is 0. The fourth-order valence-electron chi connectivity index (χ4n) is 2.91. The molecule has 1 heterocycles. The molecule has 8 heteroatoms. The molecule has 1 amide bonds. The summed E-state index contributed by atoms with van der Waals surface area (Å²) in [6, 6.07) is 17.0. The van der Waals surface area contributed by atoms with Crippen molar-refractivity contribution in [1.29, 1.82) is 0 Å². The van der Waals surface area contributed by atoms with Gasteiger partial charge in [0.25, 0.3) is 11.6 Å². The summed E-state index contributed by atoms with van der Waals surface area (Å²) in [5, 5.41) is 13.7. The molecule has 0 spiro atoms. The van der Waals surface area contributed by atoms with Crippen LogP contribution in [0.5, 0.6) is 0 Å². The number of nitro groups is 1. The van der Waals surface area contributed by atoms with Crippen LogP contribution in [-0.4, -0.2) is 15.8 Å². The average Bonchev–Trinajstić information content (AvgIpc) is 3.11. The summed E-state index contributed by atoms with van der Waals surface area (Å²) in [5.41, 5.74) is 3.67. The van der Waals surface area contributed by atoms with E-state index in [4.69, 9.17) is 4.42 Å². The zero-order chi connectivity index (χ0) is 20.5. The molecule has 4 aromatic rings. The molecule has 7 nitrogen and oxygen atoms in total. The van der Waals surface area contributed by atoms with Crippen LogP contribution < -0.4 is 5.32 Å². The molecule has 0 saturated carbocycles. The number of non-ortho nitro benzene ring substituents is 1. The molecule has 29 heavy (non-hydrogen) atoms. The maximum Gasteiger partial charge on any atom is 0.270 e. The van der Waals surface area contributed by atoms with Gasteiger partial charge in [-0.1, -0.05) is 17.7 Å². The normalized spacial score (nSPS) is 10.8. The molecule has 0 aliphatic carbocycles. The minimum absolute atomic E-state index is 0.159. The lowest BCUT2D eigenvalue weighted by Gasteiger charge is -2.06. The third kappa shape index (κ3) is 3.88. The lowest BCUT2D eigenvalue weighted by molar-refractivity contribution is -0.384. The monoisotopic (exact) mass is 451 g/mol. The van der Waals surface area contributed by atoms with E-state index in [1.54, 1.807) is 18.2 Å². The first-order chi connectivity index (χ1) is 13.9. The predicted molar refractivity (Wildman–Crippen MR) is 113 cm³/mol. The number of nitro benzene ring substituents is 1. The Labute approximate surface area is 173 Å². The molecule has 0 atom stereocenters. The van der Waals surface area contributed by atoms with Gasteiger partial charge < -0.3 is 9.73 Å². The molecular formula is C21H14BrN3O4. The van der Waals surface area contributed by atoms with Crippen molar-refractivity contribution in [3.05, 3.63) is 86.4 Å². The van der Waals surface area contributed by atoms with Crippen molar-refractivity contribution in [1.82, 2.24) is 4.98 Å². The number of hydrogen-bond donors (Lipinski definition) is 1. The number of carbonyl (C=O) groups excluding carboxylic acids is 1. The Kier molecular flexibility index (Phi) is 4.85. The molecule has 4 rings (SSSR count). The highest BCUT2D eigenvalue weighted by atomic mass is 79.9. The van der Waals surface area contributed by atoms with Crippen LogP contribution in [0.25, 0.3) is 22.6 Å². The summed E-state index contributed by atoms with van der Waals surface area (Å²) >= 11 is 3.26. The molecule has 144 valence electrons. The van der Waals surface area contributed by atoms with E-state index in [0.29, 0.717) is 27.2 Å². The Morgan fingerprint density at radius 1 is 1.14 bits per heavy atom. The highest BCUT2D eigenvalue weighted by Gasteiger charge is 2.16. The Bertz CT molecular complexity index is 1270. The maximum atomic E-state index is 12.6. The van der Waals surface area contributed by atoms with E-state index < -0.39 is 10.8 Å². The largest absolute Gasteiger partial charge is 0.436 e. The van der Waals surface area contributed by atoms with Crippen molar-refractivity contribution >= 4 is 44.3 Å². The van der Waals surface area contributed by atoms with Crippen LogP contribution in [-0.2, 0) is 0 Å². The SMILES string of the molecule is Cc1cccc(-c2nc3cc(NC(=O)c4cc([N+](=O)[O-])ccc4Br)ccc3o2)c1. The first-order valence-corrected chi connectivity index (χ1v) is 9.43. The van der Waals surface area contributed by atoms with Crippen molar-refractivity contribution in [2.45, 2.75) is 6.92 Å². The molecule has 0 radical (unpaired) electrons. The number of anilines is 1. The maximum absolute atomic E-state index is 12.6. The molecule has 0 aliphatic rings. The van der Waals surface area contributed by atoms with Crippen LogP contribution in [0, 0.1) is 17.0 Å². The Balaban J connectivity index is 1.63. The van der Waals surface area contributed by atoms with Gasteiger partial charge in [-0.2, -0.15) is 0 Å². The number of fused-ring (bicyclic) bond motifs is 1. The number of amides is 1. The number of hydrogen-bond acceptors (Lipinski definition) is 5. The van der Waals surface area contributed by atoms with E-state index in [1.165, 1.54) is 18.2 Å². The van der Waals surface area contributed by atoms with E-state index >= 15 is 0 Å². The second-order valence-electron chi connectivity index (χ2n) is 6.45. The van der Waals surface area contributed by atoms with Gasteiger partial charge in [-0.3, -0.25) is 14.9 Å². The number of oxazole rings is 1. The summed E-state index contributed by atoms with van der Waals surface area (Å²) in [6.45, 7) is 1.99. The zero-order valence-corrected chi connectivity index (χ0v) is 16.8. The van der Waals surface area contributed by atoms with Crippen LogP contribution in [0.2, 0.25) is 0 Å². The standard InChI is InChI=1S/C21H14BrN3O4/c1-12-3-2-4-13(9-12)21-24-18-10-14(5-8-19(18)29-21)23-20(26)16-11-15(25(27)28)6-7-17(16)22/h2-11H,1H3,(H,23,26). The molecule has 0 aliphatic heterocycles. The van der Waals surface area contributed by atoms with Gasteiger partial charge in [0.2, 0.25) is 5.89 Å². The quantitative estimate of drug-likeness (QED) is 0.315. The van der Waals surface area contributed by atoms with Crippen molar-refractivity contribution in [3.8, 4) is 11.5 Å². The van der Waals surface area contributed by atoms with Gasteiger partial charge in [-0.15, -0.1) is 0 Å². The topological polar surface area (TPSA) is 98.3 Å². The lowest BCUT2D eigenvalue weighted by Crippen LogP contribution is -2.12. The van der Waals surface area contributed by atoms with E-state index in [0.717, 1.165) is 11.1 Å². The molecular weight excluding hydrogens is 438 g/mol. The average molecular weight is 452 g/mol. The summed E-state index contributed by atoms with van der Waals surface area (Å²) in [5.74, 6) is 0.0240. The highest BCUT2D eigenvalue weighted by Crippen LogP contribution is 2.28. The molecule has 0 unspecified atom stereocenters. The predicted octanol–water partition coefficient (Wildman–Crippen LogP) is 5.73. The van der Waals surface area contributed by atoms with Crippen LogP contribution in [0.1, 0.15) is 15.9 Å². The van der Waals surface area contributed by atoms with Gasteiger partial charge in [0, 0.05) is 27.9 Å². The number of aromatic nitrogens is 1. The van der Waals surface area contributed by atoms with Crippen molar-refractivity contribution in [2.24, 2.45) is 0 Å². The summed E-state index contributed by atoms with van der Waals surface area (Å²) < 4.78 is 6.27. The molecule has 1 aromatic heterocycles. The second-order valence-corrected chi connectivity index (χ2v) is 7.30. The Morgan fingerprint density at radius 2 is 1.97 bits per heavy atom. The number of nitrogens with zero attached hydrogens (tertiary/aromatic N) is 2. The van der Waals surface area contributed by atoms with Gasteiger partial charge in [-0.05, 0) is 59.3 Å². The van der Waals surface area contributed by atoms with Crippen LogP contribution in [0.4, 0.5) is 11.4 Å². The Morgan fingerprint density at radius 3 is 2.72 bits per heavy atom. The lowest BCUT2D eigenvalue weighted by atomic mass is 10.1. The van der Waals surface area contributed by atoms with Gasteiger partial charge in [0.15, 0.2) is 5.58 Å². The van der Waals surface area contributed by atoms with Crippen LogP contribution >= 0.6 is 15.9 Å². The van der Waals surface area contributed by atoms with E-state index in [9.17, 15) is 14.9 Å². The third-order valence-corrected chi connectivity index (χ3v) is 5.01. The summed E-state index contributed by atoms with van der Waals surface area (Å²) in [7, 11) is 0. The number of rotatable bonds is 4. The number of aryl methyl sites for hydroxylation is 1. The van der Waals surface area contributed by atoms with E-state index in [2.05, 4.69) is 26.2 Å². The van der Waals surface area contributed by atoms with Gasteiger partial charge in [0.05, 0.1) is 10.5 Å². The zero-order valence-electron chi connectivity index (χ0n) is 15.2. The summed E-state index contributed by atoms with van der Waals surface area (Å²) in [4.78, 5) is 27.5. The van der Waals surface area contributed by atoms with Crippen molar-refractivity contribution in [3.63, 3.8) is 0 Å². The number of halogens is 1. The molecule has 1 N–H and O–H groups in total. The highest BCUT2D eigenvalue weighted by molar-refractivity contribution is 9.10. The molecule has 0 saturated heterocycles. The van der Waals surface area contributed by atoms with E-state index in [-0.39, 0.29) is 11.3 Å². The van der Waals surface area contributed by atoms with Crippen LogP contribution in [0.15, 0.2) is 69.6 Å². The number of nitrogens with one attached hydrogen (secondary N) is 1. The fraction of sp³-hybridized carbons (Fsp3) is 0.0476. The first-order valence-electron chi connectivity index (χ1n) is 8.63. The minimum Gasteiger partial charge on any atom is -0.436 e. The molecule has 0 bridgehead atoms. The second kappa shape index (κ2) is 7.48. The van der Waals surface area contributed by atoms with E-state index in [1.807, 2.05) is 31.2 Å². The third-order valence-electron chi connectivity index (χ3n) is 4.32. The minimum atomic E-state index is -0.544. The van der Waals surface area contributed by atoms with Crippen LogP contribution in [0.3, 0.4) is 0 Å². The van der Waals surface area contributed by atoms with Crippen molar-refractivity contribution in [2.75, 3.05) is 5.32 Å². The molecule has 3 aromatic carbocycles.